The second kappa shape index (κ2) is 5.28. The van der Waals surface area contributed by atoms with Crippen molar-refractivity contribution in [1.82, 2.24) is 9.88 Å². The lowest BCUT2D eigenvalue weighted by Gasteiger charge is -2.26. The number of ether oxygens (including phenoxy) is 1. The van der Waals surface area contributed by atoms with Gasteiger partial charge >= 0.3 is 0 Å². The Bertz CT molecular complexity index is 621. The number of benzene rings is 1. The van der Waals surface area contributed by atoms with Crippen molar-refractivity contribution in [3.63, 3.8) is 0 Å². The van der Waals surface area contributed by atoms with Crippen molar-refractivity contribution < 1.29 is 9.53 Å². The Morgan fingerprint density at radius 1 is 1.45 bits per heavy atom. The number of carbonyl (C=O) groups excluding carboxylic acids is 1. The highest BCUT2D eigenvalue weighted by Crippen LogP contribution is 2.28. The molecule has 20 heavy (non-hydrogen) atoms. The minimum atomic E-state index is -0.492. The van der Waals surface area contributed by atoms with Gasteiger partial charge in [0.15, 0.2) is 6.10 Å². The summed E-state index contributed by atoms with van der Waals surface area (Å²) >= 11 is 0. The first-order valence-corrected chi connectivity index (χ1v) is 6.60. The minimum absolute atomic E-state index is 0.101. The maximum absolute atomic E-state index is 12.1. The van der Waals surface area contributed by atoms with Crippen molar-refractivity contribution in [2.24, 2.45) is 7.05 Å². The molecule has 1 atom stereocenters. The maximum atomic E-state index is 12.1. The van der Waals surface area contributed by atoms with Gasteiger partial charge < -0.3 is 19.9 Å². The topological polar surface area (TPSA) is 55.3 Å². The van der Waals surface area contributed by atoms with Crippen LogP contribution in [0.4, 0.5) is 5.69 Å². The van der Waals surface area contributed by atoms with E-state index in [-0.39, 0.29) is 5.91 Å². The van der Waals surface area contributed by atoms with Gasteiger partial charge in [-0.3, -0.25) is 4.79 Å². The zero-order chi connectivity index (χ0) is 13.9. The van der Waals surface area contributed by atoms with Gasteiger partial charge in [0.1, 0.15) is 5.75 Å². The predicted octanol–water partition coefficient (Wildman–Crippen LogP) is 1.51. The normalized spacial score (nSPS) is 16.8. The molecular formula is C15H17N3O2. The van der Waals surface area contributed by atoms with Crippen LogP contribution in [0.25, 0.3) is 0 Å². The number of aryl methyl sites for hydroxylation is 1. The Kier molecular flexibility index (Phi) is 3.33. The number of nitrogens with zero attached hydrogens (tertiary/aromatic N) is 1. The summed E-state index contributed by atoms with van der Waals surface area (Å²) in [5.41, 5.74) is 2.00. The molecule has 1 unspecified atom stereocenters. The van der Waals surface area contributed by atoms with Crippen molar-refractivity contribution in [2.45, 2.75) is 12.6 Å². The predicted molar refractivity (Wildman–Crippen MR) is 76.6 cm³/mol. The quantitative estimate of drug-likeness (QED) is 0.890. The highest BCUT2D eigenvalue weighted by atomic mass is 16.5. The van der Waals surface area contributed by atoms with E-state index in [1.165, 1.54) is 0 Å². The first-order valence-electron chi connectivity index (χ1n) is 6.60. The highest BCUT2D eigenvalue weighted by Gasteiger charge is 2.25. The Balaban J connectivity index is 1.59. The third-order valence-electron chi connectivity index (χ3n) is 3.29. The van der Waals surface area contributed by atoms with Gasteiger partial charge in [-0.25, -0.2) is 0 Å². The molecular weight excluding hydrogens is 254 g/mol. The minimum Gasteiger partial charge on any atom is -0.477 e. The molecule has 5 nitrogen and oxygen atoms in total. The standard InChI is InChI=1S/C15H17N3O2/c1-18-7-6-11(10-18)8-17-15(19)14-9-16-12-4-2-3-5-13(12)20-14/h2-7,10,14,16H,8-9H2,1H3,(H,17,19). The number of hydrogen-bond donors (Lipinski definition) is 2. The third-order valence-corrected chi connectivity index (χ3v) is 3.29. The van der Waals surface area contributed by atoms with Crippen LogP contribution in [0.15, 0.2) is 42.7 Å². The van der Waals surface area contributed by atoms with Crippen molar-refractivity contribution in [3.05, 3.63) is 48.3 Å². The van der Waals surface area contributed by atoms with Crippen LogP contribution in [-0.2, 0) is 18.4 Å². The summed E-state index contributed by atoms with van der Waals surface area (Å²) in [6, 6.07) is 9.61. The van der Waals surface area contributed by atoms with E-state index in [1.54, 1.807) is 0 Å². The smallest absolute Gasteiger partial charge is 0.263 e. The van der Waals surface area contributed by atoms with Crippen molar-refractivity contribution >= 4 is 11.6 Å². The lowest BCUT2D eigenvalue weighted by molar-refractivity contribution is -0.127. The molecule has 0 radical (unpaired) electrons. The van der Waals surface area contributed by atoms with Gasteiger partial charge in [-0.15, -0.1) is 0 Å². The summed E-state index contributed by atoms with van der Waals surface area (Å²) in [7, 11) is 1.95. The Hall–Kier alpha value is -2.43. The molecule has 5 heteroatoms. The second-order valence-electron chi connectivity index (χ2n) is 4.89. The second-order valence-corrected chi connectivity index (χ2v) is 4.89. The van der Waals surface area contributed by atoms with E-state index in [9.17, 15) is 4.79 Å². The van der Waals surface area contributed by atoms with E-state index in [0.29, 0.717) is 13.1 Å². The molecule has 1 aromatic carbocycles. The van der Waals surface area contributed by atoms with Crippen LogP contribution in [-0.4, -0.2) is 23.1 Å². The van der Waals surface area contributed by atoms with E-state index in [2.05, 4.69) is 10.6 Å². The largest absolute Gasteiger partial charge is 0.477 e. The molecule has 104 valence electrons. The average molecular weight is 271 g/mol. The van der Waals surface area contributed by atoms with E-state index in [0.717, 1.165) is 17.0 Å². The van der Waals surface area contributed by atoms with Crippen LogP contribution >= 0.6 is 0 Å². The van der Waals surface area contributed by atoms with Gasteiger partial charge in [0.25, 0.3) is 5.91 Å². The number of para-hydroxylation sites is 2. The number of fused-ring (bicyclic) bond motifs is 1. The zero-order valence-electron chi connectivity index (χ0n) is 11.3. The number of nitrogens with one attached hydrogen (secondary N) is 2. The van der Waals surface area contributed by atoms with E-state index >= 15 is 0 Å². The van der Waals surface area contributed by atoms with Crippen LogP contribution < -0.4 is 15.4 Å². The molecule has 0 aliphatic carbocycles. The number of aromatic nitrogens is 1. The summed E-state index contributed by atoms with van der Waals surface area (Å²) in [5.74, 6) is 0.620. The van der Waals surface area contributed by atoms with Crippen LogP contribution in [0.1, 0.15) is 5.56 Å². The lowest BCUT2D eigenvalue weighted by Crippen LogP contribution is -2.44. The first-order chi connectivity index (χ1) is 9.72. The number of anilines is 1. The molecule has 0 fully saturated rings. The fourth-order valence-electron chi connectivity index (χ4n) is 2.23. The third kappa shape index (κ3) is 2.61. The van der Waals surface area contributed by atoms with E-state index in [1.807, 2.05) is 54.3 Å². The summed E-state index contributed by atoms with van der Waals surface area (Å²) < 4.78 is 7.66. The lowest BCUT2D eigenvalue weighted by atomic mass is 10.2. The SMILES string of the molecule is Cn1ccc(CNC(=O)C2CNc3ccccc3O2)c1. The number of carbonyl (C=O) groups is 1. The molecule has 2 heterocycles. The number of hydrogen-bond acceptors (Lipinski definition) is 3. The summed E-state index contributed by atoms with van der Waals surface area (Å²) in [6.45, 7) is 0.999. The Morgan fingerprint density at radius 3 is 3.10 bits per heavy atom. The fraction of sp³-hybridized carbons (Fsp3) is 0.267. The number of rotatable bonds is 3. The molecule has 2 aromatic rings. The fourth-order valence-corrected chi connectivity index (χ4v) is 2.23. The molecule has 1 amide bonds. The monoisotopic (exact) mass is 271 g/mol. The van der Waals surface area contributed by atoms with Gasteiger partial charge in [0.2, 0.25) is 0 Å². The zero-order valence-corrected chi connectivity index (χ0v) is 11.3. The molecule has 1 aliphatic heterocycles. The molecule has 0 saturated heterocycles. The first kappa shape index (κ1) is 12.6. The van der Waals surface area contributed by atoms with Crippen LogP contribution in [0.3, 0.4) is 0 Å². The van der Waals surface area contributed by atoms with Gasteiger partial charge in [-0.1, -0.05) is 12.1 Å². The van der Waals surface area contributed by atoms with E-state index < -0.39 is 6.10 Å². The maximum Gasteiger partial charge on any atom is 0.263 e. The van der Waals surface area contributed by atoms with Crippen LogP contribution in [0, 0.1) is 0 Å². The molecule has 0 spiro atoms. The molecule has 0 saturated carbocycles. The van der Waals surface area contributed by atoms with Crippen LogP contribution in [0.2, 0.25) is 0 Å². The van der Waals surface area contributed by atoms with Crippen molar-refractivity contribution in [3.8, 4) is 5.75 Å². The molecule has 3 rings (SSSR count). The molecule has 0 bridgehead atoms. The number of amides is 1. The van der Waals surface area contributed by atoms with E-state index in [4.69, 9.17) is 4.74 Å². The molecule has 2 N–H and O–H groups in total. The van der Waals surface area contributed by atoms with Crippen molar-refractivity contribution in [2.75, 3.05) is 11.9 Å². The van der Waals surface area contributed by atoms with Crippen LogP contribution in [0.5, 0.6) is 5.75 Å². The van der Waals surface area contributed by atoms with Crippen molar-refractivity contribution in [1.29, 1.82) is 0 Å². The summed E-state index contributed by atoms with van der Waals surface area (Å²) in [5, 5.41) is 6.10. The summed E-state index contributed by atoms with van der Waals surface area (Å²) in [4.78, 5) is 12.1. The molecule has 1 aliphatic rings. The Morgan fingerprint density at radius 2 is 2.30 bits per heavy atom. The average Bonchev–Trinajstić information content (AvgIpc) is 2.90. The Labute approximate surface area is 117 Å². The highest BCUT2D eigenvalue weighted by molar-refractivity contribution is 5.83. The van der Waals surface area contributed by atoms with Gasteiger partial charge in [-0.2, -0.15) is 0 Å². The molecule has 1 aromatic heterocycles. The van der Waals surface area contributed by atoms with Gasteiger partial charge in [-0.05, 0) is 23.8 Å². The van der Waals surface area contributed by atoms with Gasteiger partial charge in [0, 0.05) is 26.0 Å². The van der Waals surface area contributed by atoms with Gasteiger partial charge in [0.05, 0.1) is 12.2 Å². The summed E-state index contributed by atoms with van der Waals surface area (Å²) in [6.07, 6.45) is 3.44.